The minimum atomic E-state index is -3.57. The summed E-state index contributed by atoms with van der Waals surface area (Å²) in [7, 11) is -3.57. The molecule has 2 rings (SSSR count). The molecule has 0 radical (unpaired) electrons. The van der Waals surface area contributed by atoms with Crippen molar-refractivity contribution in [3.63, 3.8) is 0 Å². The molecule has 0 amide bonds. The second-order valence-electron chi connectivity index (χ2n) is 5.97. The molecule has 1 aromatic rings. The molecule has 2 heterocycles. The number of rotatable bonds is 4. The van der Waals surface area contributed by atoms with Gasteiger partial charge in [-0.1, -0.05) is 12.8 Å². The highest BCUT2D eigenvalue weighted by Crippen LogP contribution is 2.29. The van der Waals surface area contributed by atoms with E-state index in [1.165, 1.54) is 0 Å². The Bertz CT molecular complexity index is 561. The van der Waals surface area contributed by atoms with Gasteiger partial charge in [0.1, 0.15) is 4.90 Å². The summed E-state index contributed by atoms with van der Waals surface area (Å²) < 4.78 is 27.6. The molecule has 1 fully saturated rings. The van der Waals surface area contributed by atoms with Crippen LogP contribution in [0, 0.1) is 13.8 Å². The first-order valence-corrected chi connectivity index (χ1v) is 8.99. The van der Waals surface area contributed by atoms with Crippen molar-refractivity contribution in [3.8, 4) is 0 Å². The summed E-state index contributed by atoms with van der Waals surface area (Å²) in [5.41, 5.74) is 1.08. The van der Waals surface area contributed by atoms with Crippen molar-refractivity contribution in [2.24, 2.45) is 0 Å². The molecule has 120 valence electrons. The Hall–Kier alpha value is -0.920. The van der Waals surface area contributed by atoms with Crippen LogP contribution in [0.1, 0.15) is 50.4 Å². The van der Waals surface area contributed by atoms with E-state index in [0.29, 0.717) is 29.2 Å². The molecule has 1 aromatic heterocycles. The van der Waals surface area contributed by atoms with Crippen molar-refractivity contribution in [2.75, 3.05) is 6.54 Å². The van der Waals surface area contributed by atoms with Crippen LogP contribution in [-0.4, -0.2) is 46.7 Å². The molecule has 2 N–H and O–H groups in total. The number of aryl methyl sites for hydroxylation is 2. The summed E-state index contributed by atoms with van der Waals surface area (Å²) in [6.45, 7) is 5.67. The van der Waals surface area contributed by atoms with Crippen molar-refractivity contribution >= 4 is 10.0 Å². The molecular formula is C14H25N3O3S. The number of H-pyrrole nitrogens is 1. The third-order valence-corrected chi connectivity index (χ3v) is 6.28. The number of aromatic nitrogens is 2. The van der Waals surface area contributed by atoms with Crippen LogP contribution < -0.4 is 0 Å². The molecule has 0 aromatic carbocycles. The number of aromatic amines is 1. The maximum absolute atomic E-state index is 13.0. The van der Waals surface area contributed by atoms with E-state index in [2.05, 4.69) is 10.2 Å². The zero-order valence-electron chi connectivity index (χ0n) is 13.0. The number of nitrogens with one attached hydrogen (secondary N) is 1. The van der Waals surface area contributed by atoms with Crippen molar-refractivity contribution in [1.29, 1.82) is 0 Å². The van der Waals surface area contributed by atoms with Gasteiger partial charge in [-0.2, -0.15) is 9.40 Å². The van der Waals surface area contributed by atoms with Gasteiger partial charge in [-0.25, -0.2) is 8.42 Å². The van der Waals surface area contributed by atoms with E-state index in [9.17, 15) is 13.5 Å². The Kier molecular flexibility index (Phi) is 5.06. The predicted molar refractivity (Wildman–Crippen MR) is 80.5 cm³/mol. The van der Waals surface area contributed by atoms with E-state index in [1.807, 2.05) is 0 Å². The van der Waals surface area contributed by atoms with Crippen LogP contribution in [0.3, 0.4) is 0 Å². The standard InChI is InChI=1S/C14H25N3O3S/c1-10(18)9-13-7-5-4-6-8-17(13)21(19,20)14-11(2)15-16-12(14)3/h10,13,18H,4-9H2,1-3H3,(H,15,16). The van der Waals surface area contributed by atoms with Gasteiger partial charge < -0.3 is 5.11 Å². The highest BCUT2D eigenvalue weighted by molar-refractivity contribution is 7.89. The summed E-state index contributed by atoms with van der Waals surface area (Å²) in [6.07, 6.45) is 3.69. The normalized spacial score (nSPS) is 23.0. The van der Waals surface area contributed by atoms with E-state index >= 15 is 0 Å². The van der Waals surface area contributed by atoms with Crippen molar-refractivity contribution in [2.45, 2.75) is 69.9 Å². The van der Waals surface area contributed by atoms with Crippen molar-refractivity contribution in [1.82, 2.24) is 14.5 Å². The second-order valence-corrected chi connectivity index (χ2v) is 7.79. The number of hydrogen-bond donors (Lipinski definition) is 2. The molecular weight excluding hydrogens is 290 g/mol. The maximum Gasteiger partial charge on any atom is 0.246 e. The van der Waals surface area contributed by atoms with Gasteiger partial charge in [-0.15, -0.1) is 0 Å². The van der Waals surface area contributed by atoms with Gasteiger partial charge in [0.05, 0.1) is 17.5 Å². The maximum atomic E-state index is 13.0. The number of nitrogens with zero attached hydrogens (tertiary/aromatic N) is 2. The van der Waals surface area contributed by atoms with Crippen LogP contribution in [0.25, 0.3) is 0 Å². The fourth-order valence-corrected chi connectivity index (χ4v) is 5.17. The fourth-order valence-electron chi connectivity index (χ4n) is 3.13. The van der Waals surface area contributed by atoms with Crippen LogP contribution >= 0.6 is 0 Å². The molecule has 0 spiro atoms. The molecule has 2 atom stereocenters. The van der Waals surface area contributed by atoms with Crippen molar-refractivity contribution in [3.05, 3.63) is 11.4 Å². The summed E-state index contributed by atoms with van der Waals surface area (Å²) in [5.74, 6) is 0. The molecule has 1 aliphatic rings. The molecule has 7 heteroatoms. The van der Waals surface area contributed by atoms with E-state index in [-0.39, 0.29) is 6.04 Å². The van der Waals surface area contributed by atoms with E-state index in [4.69, 9.17) is 0 Å². The first kappa shape index (κ1) is 16.5. The van der Waals surface area contributed by atoms with Crippen LogP contribution in [0.4, 0.5) is 0 Å². The summed E-state index contributed by atoms with van der Waals surface area (Å²) in [5, 5.41) is 16.4. The predicted octanol–water partition coefficient (Wildman–Crippen LogP) is 1.73. The molecule has 2 unspecified atom stereocenters. The van der Waals surface area contributed by atoms with Crippen LogP contribution in [0.2, 0.25) is 0 Å². The number of aliphatic hydroxyl groups excluding tert-OH is 1. The van der Waals surface area contributed by atoms with Crippen molar-refractivity contribution < 1.29 is 13.5 Å². The lowest BCUT2D eigenvalue weighted by atomic mass is 10.1. The Labute approximate surface area is 126 Å². The minimum Gasteiger partial charge on any atom is -0.393 e. The molecule has 6 nitrogen and oxygen atoms in total. The average molecular weight is 315 g/mol. The van der Waals surface area contributed by atoms with Gasteiger partial charge in [0.15, 0.2) is 0 Å². The zero-order chi connectivity index (χ0) is 15.6. The fraction of sp³-hybridized carbons (Fsp3) is 0.786. The lowest BCUT2D eigenvalue weighted by Gasteiger charge is -2.30. The smallest absolute Gasteiger partial charge is 0.246 e. The molecule has 1 saturated heterocycles. The first-order valence-electron chi connectivity index (χ1n) is 7.55. The van der Waals surface area contributed by atoms with Gasteiger partial charge in [0, 0.05) is 12.6 Å². The summed E-state index contributed by atoms with van der Waals surface area (Å²) in [6, 6.07) is -0.133. The van der Waals surface area contributed by atoms with Gasteiger partial charge in [0.2, 0.25) is 10.0 Å². The quantitative estimate of drug-likeness (QED) is 0.886. The topological polar surface area (TPSA) is 86.3 Å². The lowest BCUT2D eigenvalue weighted by molar-refractivity contribution is 0.147. The molecule has 1 aliphatic heterocycles. The first-order chi connectivity index (χ1) is 9.84. The highest BCUT2D eigenvalue weighted by atomic mass is 32.2. The van der Waals surface area contributed by atoms with Gasteiger partial charge in [0.25, 0.3) is 0 Å². The summed E-state index contributed by atoms with van der Waals surface area (Å²) >= 11 is 0. The van der Waals surface area contributed by atoms with Gasteiger partial charge in [-0.3, -0.25) is 5.10 Å². The highest BCUT2D eigenvalue weighted by Gasteiger charge is 2.35. The van der Waals surface area contributed by atoms with E-state index in [1.54, 1.807) is 25.1 Å². The number of hydrogen-bond acceptors (Lipinski definition) is 4. The Balaban J connectivity index is 2.39. The van der Waals surface area contributed by atoms with Crippen LogP contribution in [-0.2, 0) is 10.0 Å². The summed E-state index contributed by atoms with van der Waals surface area (Å²) in [4.78, 5) is 0.292. The lowest BCUT2D eigenvalue weighted by Crippen LogP contribution is -2.41. The third-order valence-electron chi connectivity index (χ3n) is 4.06. The monoisotopic (exact) mass is 315 g/mol. The Morgan fingerprint density at radius 3 is 2.67 bits per heavy atom. The second kappa shape index (κ2) is 6.46. The largest absolute Gasteiger partial charge is 0.393 e. The molecule has 0 saturated carbocycles. The Morgan fingerprint density at radius 2 is 2.10 bits per heavy atom. The van der Waals surface area contributed by atoms with Crippen LogP contribution in [0.5, 0.6) is 0 Å². The average Bonchev–Trinajstić information content (AvgIpc) is 2.60. The molecule has 21 heavy (non-hydrogen) atoms. The van der Waals surface area contributed by atoms with Crippen LogP contribution in [0.15, 0.2) is 4.90 Å². The molecule has 0 bridgehead atoms. The van der Waals surface area contributed by atoms with Gasteiger partial charge in [-0.05, 0) is 40.0 Å². The molecule has 0 aliphatic carbocycles. The van der Waals surface area contributed by atoms with E-state index < -0.39 is 16.1 Å². The minimum absolute atomic E-state index is 0.133. The van der Waals surface area contributed by atoms with Gasteiger partial charge >= 0.3 is 0 Å². The van der Waals surface area contributed by atoms with E-state index in [0.717, 1.165) is 25.7 Å². The third kappa shape index (κ3) is 3.46. The Morgan fingerprint density at radius 1 is 1.38 bits per heavy atom. The number of sulfonamides is 1. The zero-order valence-corrected chi connectivity index (χ0v) is 13.8. The SMILES string of the molecule is Cc1n[nH]c(C)c1S(=O)(=O)N1CCCCCC1CC(C)O. The number of aliphatic hydroxyl groups is 1.